The van der Waals surface area contributed by atoms with E-state index in [0.717, 1.165) is 38.1 Å². The van der Waals surface area contributed by atoms with Crippen molar-refractivity contribution in [3.05, 3.63) is 35.4 Å². The van der Waals surface area contributed by atoms with Crippen LogP contribution in [-0.4, -0.2) is 26.3 Å². The number of hydrogen-bond acceptors (Lipinski definition) is 2. The quantitative estimate of drug-likeness (QED) is 0.873. The molecule has 0 bridgehead atoms. The third-order valence-corrected chi connectivity index (χ3v) is 3.50. The highest BCUT2D eigenvalue weighted by atomic mass is 19.2. The highest BCUT2D eigenvalue weighted by Crippen LogP contribution is 2.32. The smallest absolute Gasteiger partial charge is 0.159 e. The maximum absolute atomic E-state index is 13.2. The van der Waals surface area contributed by atoms with Gasteiger partial charge in [0.25, 0.3) is 0 Å². The van der Waals surface area contributed by atoms with Gasteiger partial charge in [0.1, 0.15) is 0 Å². The van der Waals surface area contributed by atoms with Crippen molar-refractivity contribution in [1.82, 2.24) is 5.32 Å². The van der Waals surface area contributed by atoms with Crippen LogP contribution in [-0.2, 0) is 11.2 Å². The molecule has 0 aliphatic carbocycles. The van der Waals surface area contributed by atoms with Gasteiger partial charge in [-0.25, -0.2) is 8.78 Å². The lowest BCUT2D eigenvalue weighted by Crippen LogP contribution is -2.36. The lowest BCUT2D eigenvalue weighted by molar-refractivity contribution is 0.149. The molecule has 1 N–H and O–H groups in total. The van der Waals surface area contributed by atoms with E-state index in [0.29, 0.717) is 6.61 Å². The van der Waals surface area contributed by atoms with Crippen LogP contribution >= 0.6 is 0 Å². The predicted octanol–water partition coefficient (Wildman–Crippen LogP) is 2.52. The third-order valence-electron chi connectivity index (χ3n) is 3.50. The minimum absolute atomic E-state index is 0.0142. The van der Waals surface area contributed by atoms with Gasteiger partial charge >= 0.3 is 0 Å². The van der Waals surface area contributed by atoms with Gasteiger partial charge in [-0.15, -0.1) is 0 Å². The van der Waals surface area contributed by atoms with Crippen molar-refractivity contribution in [3.8, 4) is 0 Å². The Bertz CT molecular complexity index is 403. The van der Waals surface area contributed by atoms with E-state index in [9.17, 15) is 8.78 Å². The van der Waals surface area contributed by atoms with E-state index in [1.807, 2.05) is 0 Å². The molecule has 18 heavy (non-hydrogen) atoms. The predicted molar refractivity (Wildman–Crippen MR) is 66.5 cm³/mol. The monoisotopic (exact) mass is 255 g/mol. The summed E-state index contributed by atoms with van der Waals surface area (Å²) in [5, 5.41) is 3.33. The second-order valence-electron chi connectivity index (χ2n) is 5.01. The Hall–Kier alpha value is -1.00. The lowest BCUT2D eigenvalue weighted by Gasteiger charge is -2.27. The summed E-state index contributed by atoms with van der Waals surface area (Å²) in [6, 6.07) is 4.15. The van der Waals surface area contributed by atoms with Crippen LogP contribution in [0.4, 0.5) is 8.78 Å². The number of benzene rings is 1. The Morgan fingerprint density at radius 2 is 2.17 bits per heavy atom. The van der Waals surface area contributed by atoms with Crippen molar-refractivity contribution in [2.75, 3.05) is 26.3 Å². The fraction of sp³-hybridized carbons (Fsp3) is 0.571. The van der Waals surface area contributed by atoms with E-state index >= 15 is 0 Å². The normalized spacial score (nSPS) is 23.5. The van der Waals surface area contributed by atoms with Crippen LogP contribution in [0.1, 0.15) is 18.9 Å². The van der Waals surface area contributed by atoms with Crippen molar-refractivity contribution in [2.45, 2.75) is 19.8 Å². The van der Waals surface area contributed by atoms with Gasteiger partial charge in [0.05, 0.1) is 6.61 Å². The fourth-order valence-electron chi connectivity index (χ4n) is 2.46. The van der Waals surface area contributed by atoms with Crippen molar-refractivity contribution in [1.29, 1.82) is 0 Å². The van der Waals surface area contributed by atoms with Crippen LogP contribution in [0.25, 0.3) is 0 Å². The van der Waals surface area contributed by atoms with Crippen LogP contribution < -0.4 is 5.32 Å². The number of ether oxygens (including phenoxy) is 1. The minimum Gasteiger partial charge on any atom is -0.381 e. The van der Waals surface area contributed by atoms with Crippen LogP contribution in [0.3, 0.4) is 0 Å². The zero-order valence-corrected chi connectivity index (χ0v) is 10.6. The standard InChI is InChI=1S/C14H19F2NO/c1-2-17-9-14(5-6-18-10-14)8-11-3-4-12(15)13(16)7-11/h3-4,7,17H,2,5-6,8-10H2,1H3. The summed E-state index contributed by atoms with van der Waals surface area (Å²) in [6.45, 7) is 5.23. The number of rotatable bonds is 5. The Morgan fingerprint density at radius 1 is 1.33 bits per heavy atom. The number of halogens is 2. The molecule has 1 aliphatic heterocycles. The van der Waals surface area contributed by atoms with Crippen LogP contribution in [0.5, 0.6) is 0 Å². The number of nitrogens with one attached hydrogen (secondary N) is 1. The van der Waals surface area contributed by atoms with E-state index in [4.69, 9.17) is 4.74 Å². The highest BCUT2D eigenvalue weighted by molar-refractivity contribution is 5.20. The molecule has 2 rings (SSSR count). The summed E-state index contributed by atoms with van der Waals surface area (Å²) in [5.74, 6) is -1.56. The summed E-state index contributed by atoms with van der Waals surface area (Å²) in [6.07, 6.45) is 1.68. The molecule has 0 saturated carbocycles. The molecule has 4 heteroatoms. The molecule has 1 aromatic rings. The van der Waals surface area contributed by atoms with Gasteiger partial charge in [-0.3, -0.25) is 0 Å². The topological polar surface area (TPSA) is 21.3 Å². The molecule has 100 valence electrons. The summed E-state index contributed by atoms with van der Waals surface area (Å²) < 4.78 is 31.6. The molecule has 1 aromatic carbocycles. The zero-order chi connectivity index (χ0) is 13.0. The molecule has 1 atom stereocenters. The molecule has 0 amide bonds. The molecule has 1 unspecified atom stereocenters. The van der Waals surface area contributed by atoms with Crippen LogP contribution in [0.15, 0.2) is 18.2 Å². The Kier molecular flexibility index (Phi) is 4.30. The molecule has 0 radical (unpaired) electrons. The summed E-state index contributed by atoms with van der Waals surface area (Å²) in [5.41, 5.74) is 0.845. The maximum atomic E-state index is 13.2. The van der Waals surface area contributed by atoms with E-state index in [-0.39, 0.29) is 5.41 Å². The Balaban J connectivity index is 2.10. The van der Waals surface area contributed by atoms with E-state index in [1.54, 1.807) is 6.07 Å². The first kappa shape index (κ1) is 13.4. The van der Waals surface area contributed by atoms with Crippen LogP contribution in [0.2, 0.25) is 0 Å². The molecular weight excluding hydrogens is 236 g/mol. The van der Waals surface area contributed by atoms with E-state index in [2.05, 4.69) is 12.2 Å². The van der Waals surface area contributed by atoms with Crippen LogP contribution in [0, 0.1) is 17.0 Å². The molecule has 1 saturated heterocycles. The summed E-state index contributed by atoms with van der Waals surface area (Å²) in [7, 11) is 0. The van der Waals surface area contributed by atoms with Gasteiger partial charge in [0.2, 0.25) is 0 Å². The molecule has 1 fully saturated rings. The third kappa shape index (κ3) is 3.06. The zero-order valence-electron chi connectivity index (χ0n) is 10.6. The lowest BCUT2D eigenvalue weighted by atomic mass is 9.81. The van der Waals surface area contributed by atoms with Gasteiger partial charge in [0.15, 0.2) is 11.6 Å². The molecule has 1 aliphatic rings. The first-order valence-corrected chi connectivity index (χ1v) is 6.38. The van der Waals surface area contributed by atoms with Gasteiger partial charge in [-0.2, -0.15) is 0 Å². The second kappa shape index (κ2) is 5.76. The Morgan fingerprint density at radius 3 is 2.78 bits per heavy atom. The highest BCUT2D eigenvalue weighted by Gasteiger charge is 2.34. The maximum Gasteiger partial charge on any atom is 0.159 e. The largest absolute Gasteiger partial charge is 0.381 e. The first-order chi connectivity index (χ1) is 8.65. The SMILES string of the molecule is CCNCC1(Cc2ccc(F)c(F)c2)CCOC1. The summed E-state index contributed by atoms with van der Waals surface area (Å²) >= 11 is 0. The Labute approximate surface area is 106 Å². The fourth-order valence-corrected chi connectivity index (χ4v) is 2.46. The molecular formula is C14H19F2NO. The summed E-state index contributed by atoms with van der Waals surface area (Å²) in [4.78, 5) is 0. The molecule has 1 heterocycles. The average molecular weight is 255 g/mol. The van der Waals surface area contributed by atoms with Gasteiger partial charge < -0.3 is 10.1 Å². The minimum atomic E-state index is -0.790. The van der Waals surface area contributed by atoms with Crippen molar-refractivity contribution in [2.24, 2.45) is 5.41 Å². The van der Waals surface area contributed by atoms with Gasteiger partial charge in [-0.1, -0.05) is 13.0 Å². The molecule has 0 aromatic heterocycles. The van der Waals surface area contributed by atoms with Crippen molar-refractivity contribution in [3.63, 3.8) is 0 Å². The first-order valence-electron chi connectivity index (χ1n) is 6.38. The van der Waals surface area contributed by atoms with E-state index in [1.165, 1.54) is 12.1 Å². The van der Waals surface area contributed by atoms with Crippen molar-refractivity contribution >= 4 is 0 Å². The second-order valence-corrected chi connectivity index (χ2v) is 5.01. The average Bonchev–Trinajstić information content (AvgIpc) is 2.80. The number of hydrogen-bond donors (Lipinski definition) is 1. The van der Waals surface area contributed by atoms with Crippen molar-refractivity contribution < 1.29 is 13.5 Å². The molecule has 0 spiro atoms. The van der Waals surface area contributed by atoms with Gasteiger partial charge in [-0.05, 0) is 37.1 Å². The van der Waals surface area contributed by atoms with Gasteiger partial charge in [0, 0.05) is 18.6 Å². The van der Waals surface area contributed by atoms with E-state index < -0.39 is 11.6 Å². The molecule has 2 nitrogen and oxygen atoms in total.